The molecule has 26 heavy (non-hydrogen) atoms. The van der Waals surface area contributed by atoms with Gasteiger partial charge in [0.1, 0.15) is 17.4 Å². The van der Waals surface area contributed by atoms with Crippen LogP contribution in [0.3, 0.4) is 0 Å². The van der Waals surface area contributed by atoms with E-state index >= 15 is 0 Å². The molecular formula is C20H31NO5. The molecule has 6 heteroatoms. The normalized spacial score (nSPS) is 12.3. The number of carbonyl (C=O) groups is 2. The van der Waals surface area contributed by atoms with Gasteiger partial charge in [-0.3, -0.25) is 0 Å². The zero-order valence-electron chi connectivity index (χ0n) is 16.2. The van der Waals surface area contributed by atoms with Gasteiger partial charge in [0.2, 0.25) is 0 Å². The summed E-state index contributed by atoms with van der Waals surface area (Å²) in [7, 11) is 0. The topological polar surface area (TPSA) is 84.9 Å². The van der Waals surface area contributed by atoms with Crippen molar-refractivity contribution in [3.05, 3.63) is 29.8 Å². The molecule has 146 valence electrons. The van der Waals surface area contributed by atoms with E-state index in [1.54, 1.807) is 20.8 Å². The largest absolute Gasteiger partial charge is 0.494 e. The first-order valence-corrected chi connectivity index (χ1v) is 9.15. The molecule has 1 aromatic rings. The minimum absolute atomic E-state index is 0.172. The number of ether oxygens (including phenoxy) is 2. The Morgan fingerprint density at radius 2 is 1.77 bits per heavy atom. The molecule has 0 aliphatic carbocycles. The summed E-state index contributed by atoms with van der Waals surface area (Å²) in [6.45, 7) is 8.02. The first-order chi connectivity index (χ1) is 12.2. The van der Waals surface area contributed by atoms with Gasteiger partial charge in [-0.1, -0.05) is 38.3 Å². The van der Waals surface area contributed by atoms with E-state index in [-0.39, 0.29) is 6.42 Å². The fraction of sp³-hybridized carbons (Fsp3) is 0.600. The number of amides is 1. The molecule has 1 unspecified atom stereocenters. The molecule has 0 aromatic heterocycles. The molecule has 0 aliphatic rings. The van der Waals surface area contributed by atoms with E-state index in [4.69, 9.17) is 9.47 Å². The van der Waals surface area contributed by atoms with E-state index in [0.29, 0.717) is 6.61 Å². The Morgan fingerprint density at radius 1 is 1.12 bits per heavy atom. The van der Waals surface area contributed by atoms with E-state index in [1.807, 2.05) is 24.3 Å². The predicted molar refractivity (Wildman–Crippen MR) is 101 cm³/mol. The second-order valence-electron chi connectivity index (χ2n) is 7.29. The number of carboxylic acid groups (broad SMARTS) is 1. The Bertz CT molecular complexity index is 563. The number of benzene rings is 1. The van der Waals surface area contributed by atoms with Crippen LogP contribution in [0.15, 0.2) is 24.3 Å². The number of carboxylic acids is 1. The Balaban J connectivity index is 2.53. The van der Waals surface area contributed by atoms with Crippen molar-refractivity contribution < 1.29 is 24.2 Å². The van der Waals surface area contributed by atoms with Crippen LogP contribution in [-0.4, -0.2) is 35.4 Å². The number of alkyl carbamates (subject to hydrolysis) is 1. The van der Waals surface area contributed by atoms with Crippen molar-refractivity contribution in [3.8, 4) is 5.75 Å². The average molecular weight is 365 g/mol. The minimum atomic E-state index is -1.10. The standard InChI is InChI=1S/C20H31NO5/c1-5-6-7-8-13-25-16-11-9-15(10-12-16)14-17(18(22)23)21-19(24)26-20(2,3)4/h9-12,17H,5-8,13-14H2,1-4H3,(H,21,24)(H,22,23). The lowest BCUT2D eigenvalue weighted by atomic mass is 10.1. The number of rotatable bonds is 10. The molecule has 2 N–H and O–H groups in total. The van der Waals surface area contributed by atoms with Crippen LogP contribution in [0, 0.1) is 0 Å². The highest BCUT2D eigenvalue weighted by atomic mass is 16.6. The molecule has 1 rings (SSSR count). The van der Waals surface area contributed by atoms with Crippen molar-refractivity contribution in [2.75, 3.05) is 6.61 Å². The van der Waals surface area contributed by atoms with Gasteiger partial charge in [0.25, 0.3) is 0 Å². The molecule has 0 fully saturated rings. The Hall–Kier alpha value is -2.24. The zero-order valence-corrected chi connectivity index (χ0v) is 16.2. The average Bonchev–Trinajstić information content (AvgIpc) is 2.53. The summed E-state index contributed by atoms with van der Waals surface area (Å²) in [5.41, 5.74) is 0.121. The SMILES string of the molecule is CCCCCCOc1ccc(CC(NC(=O)OC(C)(C)C)C(=O)O)cc1. The number of nitrogens with one attached hydrogen (secondary N) is 1. The number of carbonyl (C=O) groups excluding carboxylic acids is 1. The maximum atomic E-state index is 11.8. The summed E-state index contributed by atoms with van der Waals surface area (Å²) in [5, 5.41) is 11.7. The van der Waals surface area contributed by atoms with Gasteiger partial charge in [0.15, 0.2) is 0 Å². The fourth-order valence-corrected chi connectivity index (χ4v) is 2.33. The summed E-state index contributed by atoms with van der Waals surface area (Å²) in [5.74, 6) is -0.343. The molecule has 0 saturated heterocycles. The van der Waals surface area contributed by atoms with E-state index in [2.05, 4.69) is 12.2 Å². The Kier molecular flexibility index (Phi) is 8.96. The van der Waals surface area contributed by atoms with Crippen molar-refractivity contribution in [2.45, 2.75) is 71.4 Å². The first-order valence-electron chi connectivity index (χ1n) is 9.15. The van der Waals surface area contributed by atoms with Gasteiger partial charge in [-0.15, -0.1) is 0 Å². The third-order valence-corrected chi connectivity index (χ3v) is 3.62. The van der Waals surface area contributed by atoms with Crippen LogP contribution in [-0.2, 0) is 16.0 Å². The first kappa shape index (κ1) is 21.8. The second-order valence-corrected chi connectivity index (χ2v) is 7.29. The number of aliphatic carboxylic acids is 1. The molecule has 1 atom stereocenters. The minimum Gasteiger partial charge on any atom is -0.494 e. The summed E-state index contributed by atoms with van der Waals surface area (Å²) >= 11 is 0. The Morgan fingerprint density at radius 3 is 2.31 bits per heavy atom. The second kappa shape index (κ2) is 10.7. The van der Waals surface area contributed by atoms with Gasteiger partial charge in [0.05, 0.1) is 6.61 Å². The van der Waals surface area contributed by atoms with Crippen molar-refractivity contribution in [2.24, 2.45) is 0 Å². The third kappa shape index (κ3) is 9.30. The molecule has 1 aromatic carbocycles. The third-order valence-electron chi connectivity index (χ3n) is 3.62. The van der Waals surface area contributed by atoms with Crippen LogP contribution in [0.4, 0.5) is 4.79 Å². The summed E-state index contributed by atoms with van der Waals surface area (Å²) in [6.07, 6.45) is 4.02. The van der Waals surface area contributed by atoms with E-state index in [1.165, 1.54) is 12.8 Å². The summed E-state index contributed by atoms with van der Waals surface area (Å²) in [4.78, 5) is 23.2. The van der Waals surface area contributed by atoms with E-state index in [0.717, 1.165) is 24.2 Å². The molecule has 6 nitrogen and oxygen atoms in total. The molecular weight excluding hydrogens is 334 g/mol. The summed E-state index contributed by atoms with van der Waals surface area (Å²) in [6, 6.07) is 6.22. The lowest BCUT2D eigenvalue weighted by molar-refractivity contribution is -0.139. The van der Waals surface area contributed by atoms with Gasteiger partial charge in [0, 0.05) is 6.42 Å². The number of hydrogen-bond donors (Lipinski definition) is 2. The van der Waals surface area contributed by atoms with Crippen LogP contribution in [0.1, 0.15) is 58.9 Å². The maximum absolute atomic E-state index is 11.8. The molecule has 0 heterocycles. The van der Waals surface area contributed by atoms with Gasteiger partial charge < -0.3 is 19.9 Å². The van der Waals surface area contributed by atoms with Gasteiger partial charge in [-0.2, -0.15) is 0 Å². The summed E-state index contributed by atoms with van der Waals surface area (Å²) < 4.78 is 10.8. The highest BCUT2D eigenvalue weighted by Gasteiger charge is 2.24. The maximum Gasteiger partial charge on any atom is 0.408 e. The monoisotopic (exact) mass is 365 g/mol. The molecule has 0 radical (unpaired) electrons. The van der Waals surface area contributed by atoms with Crippen LogP contribution in [0.25, 0.3) is 0 Å². The zero-order chi connectivity index (χ0) is 19.6. The lowest BCUT2D eigenvalue weighted by Gasteiger charge is -2.22. The van der Waals surface area contributed by atoms with Crippen LogP contribution >= 0.6 is 0 Å². The van der Waals surface area contributed by atoms with E-state index in [9.17, 15) is 14.7 Å². The van der Waals surface area contributed by atoms with Crippen LogP contribution < -0.4 is 10.1 Å². The number of hydrogen-bond acceptors (Lipinski definition) is 4. The van der Waals surface area contributed by atoms with Crippen molar-refractivity contribution in [1.82, 2.24) is 5.32 Å². The quantitative estimate of drug-likeness (QED) is 0.608. The number of unbranched alkanes of at least 4 members (excludes halogenated alkanes) is 3. The van der Waals surface area contributed by atoms with Crippen LogP contribution in [0.2, 0.25) is 0 Å². The smallest absolute Gasteiger partial charge is 0.408 e. The van der Waals surface area contributed by atoms with Crippen LogP contribution in [0.5, 0.6) is 5.75 Å². The highest BCUT2D eigenvalue weighted by Crippen LogP contribution is 2.15. The molecule has 0 bridgehead atoms. The van der Waals surface area contributed by atoms with Crippen molar-refractivity contribution in [3.63, 3.8) is 0 Å². The van der Waals surface area contributed by atoms with Gasteiger partial charge >= 0.3 is 12.1 Å². The molecule has 0 aliphatic heterocycles. The Labute approximate surface area is 155 Å². The highest BCUT2D eigenvalue weighted by molar-refractivity contribution is 5.80. The van der Waals surface area contributed by atoms with Gasteiger partial charge in [-0.05, 0) is 44.9 Å². The lowest BCUT2D eigenvalue weighted by Crippen LogP contribution is -2.44. The van der Waals surface area contributed by atoms with Gasteiger partial charge in [-0.25, -0.2) is 9.59 Å². The fourth-order valence-electron chi connectivity index (χ4n) is 2.33. The molecule has 0 saturated carbocycles. The van der Waals surface area contributed by atoms with E-state index < -0.39 is 23.7 Å². The van der Waals surface area contributed by atoms with Crippen molar-refractivity contribution in [1.29, 1.82) is 0 Å². The predicted octanol–water partition coefficient (Wildman–Crippen LogP) is 4.17. The molecule has 0 spiro atoms. The van der Waals surface area contributed by atoms with Crippen molar-refractivity contribution >= 4 is 12.1 Å². The molecule has 1 amide bonds.